The predicted octanol–water partition coefficient (Wildman–Crippen LogP) is 2.44. The lowest BCUT2D eigenvalue weighted by molar-refractivity contribution is -0.132. The van der Waals surface area contributed by atoms with Crippen LogP contribution in [0.2, 0.25) is 0 Å². The number of nitrogens with zero attached hydrogens (tertiary/aromatic N) is 3. The summed E-state index contributed by atoms with van der Waals surface area (Å²) < 4.78 is 0. The summed E-state index contributed by atoms with van der Waals surface area (Å²) in [6.07, 6.45) is 3.45. The van der Waals surface area contributed by atoms with Gasteiger partial charge in [0, 0.05) is 32.6 Å². The van der Waals surface area contributed by atoms with Gasteiger partial charge in [-0.15, -0.1) is 0 Å². The smallest absolute Gasteiger partial charge is 0.222 e. The molecule has 0 radical (unpaired) electrons. The largest absolute Gasteiger partial charge is 0.340 e. The van der Waals surface area contributed by atoms with E-state index in [0.717, 1.165) is 26.2 Å². The molecule has 2 heterocycles. The van der Waals surface area contributed by atoms with Crippen molar-refractivity contribution in [3.63, 3.8) is 0 Å². The topological polar surface area (TPSA) is 38.8 Å². The van der Waals surface area contributed by atoms with E-state index in [2.05, 4.69) is 22.4 Å². The molecule has 2 aliphatic heterocycles. The number of hydrazine groups is 1. The van der Waals surface area contributed by atoms with Crippen molar-refractivity contribution in [1.29, 1.82) is 0 Å². The van der Waals surface area contributed by atoms with Crippen molar-refractivity contribution in [2.75, 3.05) is 53.4 Å². The zero-order valence-corrected chi connectivity index (χ0v) is 16.1. The average Bonchev–Trinajstić information content (AvgIpc) is 3.09. The molecular weight excluding hydrogens is 276 g/mol. The van der Waals surface area contributed by atoms with Crippen LogP contribution in [-0.4, -0.2) is 74.1 Å². The van der Waals surface area contributed by atoms with E-state index >= 15 is 0 Å². The maximum Gasteiger partial charge on any atom is 0.222 e. The Balaban J connectivity index is 0. The molecule has 2 rings (SSSR count). The summed E-state index contributed by atoms with van der Waals surface area (Å²) in [7, 11) is 4.09. The van der Waals surface area contributed by atoms with Crippen LogP contribution in [0.4, 0.5) is 0 Å². The molecule has 1 N–H and O–H groups in total. The molecule has 2 aliphatic rings. The summed E-state index contributed by atoms with van der Waals surface area (Å²) >= 11 is 0. The first-order valence-electron chi connectivity index (χ1n) is 9.06. The Morgan fingerprint density at radius 1 is 0.909 bits per heavy atom. The third kappa shape index (κ3) is 11.0. The predicted molar refractivity (Wildman–Crippen MR) is 96.9 cm³/mol. The van der Waals surface area contributed by atoms with Gasteiger partial charge in [0.2, 0.25) is 5.91 Å². The first-order chi connectivity index (χ1) is 10.7. The molecule has 0 unspecified atom stereocenters. The van der Waals surface area contributed by atoms with Crippen LogP contribution in [0.15, 0.2) is 0 Å². The molecule has 0 bridgehead atoms. The molecule has 134 valence electrons. The van der Waals surface area contributed by atoms with Gasteiger partial charge >= 0.3 is 0 Å². The zero-order chi connectivity index (χ0) is 17.4. The minimum absolute atomic E-state index is 0.269. The number of carbonyl (C=O) groups is 1. The second-order valence-electron chi connectivity index (χ2n) is 4.96. The van der Waals surface area contributed by atoms with Gasteiger partial charge in [-0.3, -0.25) is 10.2 Å². The monoisotopic (exact) mass is 316 g/mol. The van der Waals surface area contributed by atoms with E-state index in [1.54, 1.807) is 0 Å². The van der Waals surface area contributed by atoms with E-state index < -0.39 is 0 Å². The average molecular weight is 317 g/mol. The molecule has 0 aromatic carbocycles. The van der Waals surface area contributed by atoms with E-state index in [1.807, 2.05) is 46.6 Å². The molecule has 5 nitrogen and oxygen atoms in total. The van der Waals surface area contributed by atoms with Gasteiger partial charge < -0.3 is 9.80 Å². The highest BCUT2D eigenvalue weighted by Crippen LogP contribution is 2.02. The summed E-state index contributed by atoms with van der Waals surface area (Å²) in [5.74, 6) is 0.269. The Labute approximate surface area is 139 Å². The number of piperazine rings is 1. The highest BCUT2D eigenvalue weighted by atomic mass is 16.2. The standard InChI is InChI=1S/C8H17N3O.C5H11N.2C2H6/c1-3-8(12)10-4-6-11(9-2)7-5-10;1-6-4-2-3-5-6;2*1-2/h9H,3-7H2,1-2H3;2-5H2,1H3;2*1-2H3. The van der Waals surface area contributed by atoms with Crippen LogP contribution >= 0.6 is 0 Å². The third-order valence-corrected chi connectivity index (χ3v) is 3.58. The minimum atomic E-state index is 0.269. The number of rotatable bonds is 2. The van der Waals surface area contributed by atoms with E-state index in [4.69, 9.17) is 0 Å². The van der Waals surface area contributed by atoms with Gasteiger partial charge in [-0.25, -0.2) is 5.01 Å². The van der Waals surface area contributed by atoms with Gasteiger partial charge in [0.25, 0.3) is 0 Å². The highest BCUT2D eigenvalue weighted by Gasteiger charge is 2.18. The molecule has 5 heteroatoms. The van der Waals surface area contributed by atoms with Crippen LogP contribution in [0.25, 0.3) is 0 Å². The molecular formula is C17H40N4O. The molecule has 2 saturated heterocycles. The number of carbonyl (C=O) groups excluding carboxylic acids is 1. The molecule has 0 spiro atoms. The number of hydrogen-bond donors (Lipinski definition) is 1. The van der Waals surface area contributed by atoms with Crippen molar-refractivity contribution < 1.29 is 4.79 Å². The van der Waals surface area contributed by atoms with Crippen LogP contribution in [-0.2, 0) is 4.79 Å². The Hall–Kier alpha value is -0.650. The summed E-state index contributed by atoms with van der Waals surface area (Å²) in [5.41, 5.74) is 3.08. The van der Waals surface area contributed by atoms with Crippen molar-refractivity contribution in [2.45, 2.75) is 53.9 Å². The van der Waals surface area contributed by atoms with Crippen LogP contribution in [0.5, 0.6) is 0 Å². The van der Waals surface area contributed by atoms with Gasteiger partial charge in [-0.05, 0) is 40.0 Å². The fourth-order valence-electron chi connectivity index (χ4n) is 2.28. The second-order valence-corrected chi connectivity index (χ2v) is 4.96. The molecule has 0 saturated carbocycles. The third-order valence-electron chi connectivity index (χ3n) is 3.58. The maximum atomic E-state index is 11.2. The molecule has 22 heavy (non-hydrogen) atoms. The number of amides is 1. The zero-order valence-electron chi connectivity index (χ0n) is 16.1. The number of hydrogen-bond acceptors (Lipinski definition) is 4. The summed E-state index contributed by atoms with van der Waals surface area (Å²) in [5, 5.41) is 2.12. The second kappa shape index (κ2) is 16.7. The Morgan fingerprint density at radius 2 is 1.36 bits per heavy atom. The van der Waals surface area contributed by atoms with Gasteiger partial charge in [-0.1, -0.05) is 34.6 Å². The van der Waals surface area contributed by atoms with Gasteiger partial charge in [0.05, 0.1) is 0 Å². The Bertz CT molecular complexity index is 235. The van der Waals surface area contributed by atoms with Crippen LogP contribution < -0.4 is 5.43 Å². The van der Waals surface area contributed by atoms with Gasteiger partial charge in [0.1, 0.15) is 0 Å². The Kier molecular flexibility index (Phi) is 17.9. The highest BCUT2D eigenvalue weighted by molar-refractivity contribution is 5.75. The fraction of sp³-hybridized carbons (Fsp3) is 0.941. The van der Waals surface area contributed by atoms with Crippen molar-refractivity contribution >= 4 is 5.91 Å². The summed E-state index contributed by atoms with van der Waals surface area (Å²) in [4.78, 5) is 15.5. The molecule has 0 aromatic heterocycles. The van der Waals surface area contributed by atoms with Crippen molar-refractivity contribution in [3.05, 3.63) is 0 Å². The normalized spacial score (nSPS) is 18.2. The van der Waals surface area contributed by atoms with E-state index in [1.165, 1.54) is 25.9 Å². The Morgan fingerprint density at radius 3 is 1.64 bits per heavy atom. The summed E-state index contributed by atoms with van der Waals surface area (Å²) in [6.45, 7) is 16.1. The quantitative estimate of drug-likeness (QED) is 0.849. The molecule has 0 atom stereocenters. The lowest BCUT2D eigenvalue weighted by Gasteiger charge is -2.33. The SMILES string of the molecule is CC.CC.CCC(=O)N1CCN(NC)CC1.CN1CCCC1. The van der Waals surface area contributed by atoms with Crippen molar-refractivity contribution in [3.8, 4) is 0 Å². The van der Waals surface area contributed by atoms with Crippen LogP contribution in [0.1, 0.15) is 53.9 Å². The fourth-order valence-corrected chi connectivity index (χ4v) is 2.28. The van der Waals surface area contributed by atoms with Crippen molar-refractivity contribution in [2.24, 2.45) is 0 Å². The summed E-state index contributed by atoms with van der Waals surface area (Å²) in [6, 6.07) is 0. The maximum absolute atomic E-state index is 11.2. The van der Waals surface area contributed by atoms with E-state index in [-0.39, 0.29) is 5.91 Å². The molecule has 1 amide bonds. The lowest BCUT2D eigenvalue weighted by atomic mass is 10.3. The lowest BCUT2D eigenvalue weighted by Crippen LogP contribution is -2.52. The number of nitrogens with one attached hydrogen (secondary N) is 1. The molecule has 0 aliphatic carbocycles. The molecule has 0 aromatic rings. The van der Waals surface area contributed by atoms with Gasteiger partial charge in [0.15, 0.2) is 0 Å². The van der Waals surface area contributed by atoms with E-state index in [9.17, 15) is 4.79 Å². The number of likely N-dealkylation sites (tertiary alicyclic amines) is 1. The van der Waals surface area contributed by atoms with E-state index in [0.29, 0.717) is 6.42 Å². The minimum Gasteiger partial charge on any atom is -0.340 e. The van der Waals surface area contributed by atoms with Crippen molar-refractivity contribution in [1.82, 2.24) is 20.2 Å². The first-order valence-corrected chi connectivity index (χ1v) is 9.06. The first kappa shape index (κ1) is 23.6. The molecule has 2 fully saturated rings. The van der Waals surface area contributed by atoms with Gasteiger partial charge in [-0.2, -0.15) is 0 Å². The van der Waals surface area contributed by atoms with Crippen LogP contribution in [0.3, 0.4) is 0 Å². The van der Waals surface area contributed by atoms with Crippen LogP contribution in [0, 0.1) is 0 Å².